The zero-order valence-corrected chi connectivity index (χ0v) is 11.6. The van der Waals surface area contributed by atoms with Crippen molar-refractivity contribution in [3.63, 3.8) is 0 Å². The number of hydrogen-bond acceptors (Lipinski definition) is 5. The fourth-order valence-corrected chi connectivity index (χ4v) is 2.53. The molecule has 1 unspecified atom stereocenters. The lowest BCUT2D eigenvalue weighted by atomic mass is 10.1. The molecule has 98 valence electrons. The maximum atomic E-state index is 6.08. The van der Waals surface area contributed by atoms with E-state index in [1.165, 1.54) is 11.5 Å². The van der Waals surface area contributed by atoms with E-state index in [9.17, 15) is 0 Å². The van der Waals surface area contributed by atoms with Gasteiger partial charge in [-0.1, -0.05) is 18.3 Å². The van der Waals surface area contributed by atoms with E-state index in [1.54, 1.807) is 0 Å². The van der Waals surface area contributed by atoms with Crippen molar-refractivity contribution in [3.05, 3.63) is 29.0 Å². The summed E-state index contributed by atoms with van der Waals surface area (Å²) in [7, 11) is 0. The zero-order valence-electron chi connectivity index (χ0n) is 10.8. The van der Waals surface area contributed by atoms with Gasteiger partial charge in [-0.15, -0.1) is 5.10 Å². The Morgan fingerprint density at radius 3 is 2.78 bits per heavy atom. The highest BCUT2D eigenvalue weighted by Crippen LogP contribution is 2.17. The first-order valence-corrected chi connectivity index (χ1v) is 7.14. The molecule has 5 nitrogen and oxygen atoms in total. The van der Waals surface area contributed by atoms with Crippen LogP contribution in [0.15, 0.2) is 17.6 Å². The Balaban J connectivity index is 2.02. The van der Waals surface area contributed by atoms with Crippen LogP contribution < -0.4 is 5.73 Å². The second-order valence-electron chi connectivity index (χ2n) is 4.40. The van der Waals surface area contributed by atoms with Gasteiger partial charge in [0, 0.05) is 18.0 Å². The van der Waals surface area contributed by atoms with E-state index in [2.05, 4.69) is 28.5 Å². The molecule has 0 bridgehead atoms. The van der Waals surface area contributed by atoms with Gasteiger partial charge >= 0.3 is 0 Å². The Hall–Kier alpha value is -1.27. The third-order valence-corrected chi connectivity index (χ3v) is 3.69. The lowest BCUT2D eigenvalue weighted by Crippen LogP contribution is -2.15. The molecule has 1 atom stereocenters. The molecule has 0 aliphatic carbocycles. The summed E-state index contributed by atoms with van der Waals surface area (Å²) in [6.07, 6.45) is 4.94. The summed E-state index contributed by atoms with van der Waals surface area (Å²) in [4.78, 5) is 0. The Morgan fingerprint density at radius 2 is 2.17 bits per heavy atom. The van der Waals surface area contributed by atoms with Gasteiger partial charge < -0.3 is 5.73 Å². The van der Waals surface area contributed by atoms with Gasteiger partial charge in [-0.05, 0) is 30.4 Å². The number of nitrogens with two attached hydrogens (primary N) is 1. The van der Waals surface area contributed by atoms with Crippen molar-refractivity contribution >= 4 is 11.5 Å². The molecule has 0 radical (unpaired) electrons. The minimum absolute atomic E-state index is 0.117. The van der Waals surface area contributed by atoms with Crippen molar-refractivity contribution in [1.82, 2.24) is 19.4 Å². The molecule has 0 aliphatic heterocycles. The van der Waals surface area contributed by atoms with E-state index >= 15 is 0 Å². The first kappa shape index (κ1) is 13.2. The standard InChI is InChI=1S/C12H19N5S/c1-3-10(4-2)17-6-5-9(15-17)7-11(13)12-8-18-16-14-12/h5-6,8,10-11H,3-4,7,13H2,1-2H3. The molecule has 0 aromatic carbocycles. The van der Waals surface area contributed by atoms with Crippen LogP contribution in [-0.4, -0.2) is 19.4 Å². The summed E-state index contributed by atoms with van der Waals surface area (Å²) in [6.45, 7) is 4.37. The van der Waals surface area contributed by atoms with Crippen LogP contribution in [0.25, 0.3) is 0 Å². The molecule has 0 aliphatic rings. The summed E-state index contributed by atoms with van der Waals surface area (Å²) in [5.41, 5.74) is 7.94. The first-order valence-electron chi connectivity index (χ1n) is 6.31. The normalized spacial score (nSPS) is 13.1. The van der Waals surface area contributed by atoms with Gasteiger partial charge in [0.05, 0.1) is 23.5 Å². The van der Waals surface area contributed by atoms with E-state index in [1.807, 2.05) is 22.3 Å². The number of nitrogens with zero attached hydrogens (tertiary/aromatic N) is 4. The van der Waals surface area contributed by atoms with Crippen LogP contribution in [0.5, 0.6) is 0 Å². The van der Waals surface area contributed by atoms with Crippen molar-refractivity contribution < 1.29 is 0 Å². The molecule has 2 heterocycles. The van der Waals surface area contributed by atoms with Crippen molar-refractivity contribution in [2.24, 2.45) is 5.73 Å². The van der Waals surface area contributed by atoms with E-state index in [4.69, 9.17) is 5.73 Å². The van der Waals surface area contributed by atoms with Crippen LogP contribution >= 0.6 is 11.5 Å². The largest absolute Gasteiger partial charge is 0.322 e. The molecule has 0 spiro atoms. The summed E-state index contributed by atoms with van der Waals surface area (Å²) in [5.74, 6) is 0. The van der Waals surface area contributed by atoms with E-state index in [-0.39, 0.29) is 6.04 Å². The molecule has 0 fully saturated rings. The van der Waals surface area contributed by atoms with Gasteiger partial charge in [-0.3, -0.25) is 4.68 Å². The van der Waals surface area contributed by atoms with Gasteiger partial charge in [0.25, 0.3) is 0 Å². The van der Waals surface area contributed by atoms with Crippen LogP contribution in [0.4, 0.5) is 0 Å². The fraction of sp³-hybridized carbons (Fsp3) is 0.583. The highest BCUT2D eigenvalue weighted by Gasteiger charge is 2.13. The summed E-state index contributed by atoms with van der Waals surface area (Å²) < 4.78 is 5.87. The molecular weight excluding hydrogens is 246 g/mol. The highest BCUT2D eigenvalue weighted by molar-refractivity contribution is 7.03. The van der Waals surface area contributed by atoms with Gasteiger partial charge in [0.2, 0.25) is 0 Å². The molecule has 0 saturated heterocycles. The Kier molecular flexibility index (Phi) is 4.43. The quantitative estimate of drug-likeness (QED) is 0.870. The number of rotatable bonds is 6. The third-order valence-electron chi connectivity index (χ3n) is 3.17. The molecular formula is C12H19N5S. The fourth-order valence-electron chi connectivity index (χ4n) is 2.02. The SMILES string of the molecule is CCC(CC)n1ccc(CC(N)c2csnn2)n1. The molecule has 0 saturated carbocycles. The third kappa shape index (κ3) is 2.94. The van der Waals surface area contributed by atoms with Crippen LogP contribution in [0, 0.1) is 0 Å². The van der Waals surface area contributed by atoms with Crippen molar-refractivity contribution in [2.45, 2.75) is 45.2 Å². The minimum Gasteiger partial charge on any atom is -0.322 e. The van der Waals surface area contributed by atoms with E-state index in [0.29, 0.717) is 12.5 Å². The maximum absolute atomic E-state index is 6.08. The average Bonchev–Trinajstić information content (AvgIpc) is 3.01. The van der Waals surface area contributed by atoms with Gasteiger partial charge in [0.15, 0.2) is 0 Å². The van der Waals surface area contributed by atoms with E-state index in [0.717, 1.165) is 24.2 Å². The predicted octanol–water partition coefficient (Wildman–Crippen LogP) is 2.34. The second-order valence-corrected chi connectivity index (χ2v) is 5.01. The van der Waals surface area contributed by atoms with E-state index < -0.39 is 0 Å². The molecule has 2 aromatic rings. The molecule has 2 aromatic heterocycles. The second kappa shape index (κ2) is 6.06. The number of hydrogen-bond donors (Lipinski definition) is 1. The van der Waals surface area contributed by atoms with Crippen molar-refractivity contribution in [1.29, 1.82) is 0 Å². The molecule has 0 amide bonds. The Bertz CT molecular complexity index is 461. The van der Waals surface area contributed by atoms with Crippen molar-refractivity contribution in [3.8, 4) is 0 Å². The summed E-state index contributed by atoms with van der Waals surface area (Å²) in [6, 6.07) is 2.41. The maximum Gasteiger partial charge on any atom is 0.0926 e. The van der Waals surface area contributed by atoms with Gasteiger partial charge in [-0.2, -0.15) is 5.10 Å². The molecule has 18 heavy (non-hydrogen) atoms. The van der Waals surface area contributed by atoms with Gasteiger partial charge in [0.1, 0.15) is 0 Å². The Morgan fingerprint density at radius 1 is 1.39 bits per heavy atom. The molecule has 2 rings (SSSR count). The summed E-state index contributed by atoms with van der Waals surface area (Å²) >= 11 is 1.33. The Labute approximate surface area is 111 Å². The van der Waals surface area contributed by atoms with Gasteiger partial charge in [-0.25, -0.2) is 0 Å². The molecule has 2 N–H and O–H groups in total. The van der Waals surface area contributed by atoms with Crippen molar-refractivity contribution in [2.75, 3.05) is 0 Å². The summed E-state index contributed by atoms with van der Waals surface area (Å²) in [5, 5.41) is 10.5. The van der Waals surface area contributed by atoms with Crippen LogP contribution in [0.1, 0.15) is 50.2 Å². The van der Waals surface area contributed by atoms with Crippen LogP contribution in [-0.2, 0) is 6.42 Å². The highest BCUT2D eigenvalue weighted by atomic mass is 32.1. The van der Waals surface area contributed by atoms with Crippen LogP contribution in [0.3, 0.4) is 0 Å². The van der Waals surface area contributed by atoms with Crippen LogP contribution in [0.2, 0.25) is 0 Å². The number of aromatic nitrogens is 4. The molecule has 6 heteroatoms. The monoisotopic (exact) mass is 265 g/mol. The lowest BCUT2D eigenvalue weighted by Gasteiger charge is -2.12. The minimum atomic E-state index is -0.117. The lowest BCUT2D eigenvalue weighted by molar-refractivity contribution is 0.424. The predicted molar refractivity (Wildman–Crippen MR) is 72.4 cm³/mol. The zero-order chi connectivity index (χ0) is 13.0. The topological polar surface area (TPSA) is 69.6 Å². The smallest absolute Gasteiger partial charge is 0.0926 e. The average molecular weight is 265 g/mol. The first-order chi connectivity index (χ1) is 8.74.